The van der Waals surface area contributed by atoms with Crippen molar-refractivity contribution >= 4 is 29.9 Å². The average molecular weight is 486 g/mol. The Labute approximate surface area is 174 Å². The van der Waals surface area contributed by atoms with E-state index in [1.165, 1.54) is 6.07 Å². The number of halogens is 3. The molecule has 5 nitrogen and oxygen atoms in total. The second-order valence-corrected chi connectivity index (χ2v) is 5.35. The number of hydrogen-bond donors (Lipinski definition) is 2. The summed E-state index contributed by atoms with van der Waals surface area (Å²) >= 11 is 0. The molecule has 0 aliphatic rings. The molecule has 0 saturated heterocycles. The summed E-state index contributed by atoms with van der Waals surface area (Å²) in [6, 6.07) is 12.5. The summed E-state index contributed by atoms with van der Waals surface area (Å²) in [6.07, 6.45) is 0. The molecule has 2 aromatic carbocycles. The van der Waals surface area contributed by atoms with Gasteiger partial charge >= 0.3 is 0 Å². The van der Waals surface area contributed by atoms with Crippen molar-refractivity contribution in [3.63, 3.8) is 0 Å². The Bertz CT molecular complexity index is 791. The van der Waals surface area contributed by atoms with Crippen LogP contribution in [0.25, 0.3) is 0 Å². The van der Waals surface area contributed by atoms with Crippen LogP contribution >= 0.6 is 24.0 Å². The highest BCUT2D eigenvalue weighted by Crippen LogP contribution is 2.17. The van der Waals surface area contributed by atoms with Gasteiger partial charge in [0.05, 0.1) is 24.7 Å². The molecule has 0 aromatic heterocycles. The molecule has 0 atom stereocenters. The van der Waals surface area contributed by atoms with Gasteiger partial charge in [-0.3, -0.25) is 0 Å². The van der Waals surface area contributed by atoms with Crippen LogP contribution in [0.3, 0.4) is 0 Å². The maximum Gasteiger partial charge on any atom is 0.191 e. The predicted octanol–water partition coefficient (Wildman–Crippen LogP) is 3.59. The zero-order chi connectivity index (χ0) is 18.8. The molecule has 0 radical (unpaired) electrons. The van der Waals surface area contributed by atoms with Crippen LogP contribution in [-0.2, 0) is 6.54 Å². The molecule has 0 unspecified atom stereocenters. The number of nitrogens with one attached hydrogen (secondary N) is 2. The zero-order valence-electron chi connectivity index (χ0n) is 14.8. The van der Waals surface area contributed by atoms with Gasteiger partial charge in [-0.15, -0.1) is 24.0 Å². The number of hydrogen-bond acceptors (Lipinski definition) is 3. The third-order valence-corrected chi connectivity index (χ3v) is 3.39. The fraction of sp³-hybridized carbons (Fsp3) is 0.263. The molecule has 2 aromatic rings. The summed E-state index contributed by atoms with van der Waals surface area (Å²) in [5, 5.41) is 15.0. The van der Waals surface area contributed by atoms with Crippen molar-refractivity contribution in [2.45, 2.75) is 13.5 Å². The Balaban J connectivity index is 0.00000364. The van der Waals surface area contributed by atoms with E-state index < -0.39 is 11.6 Å². The van der Waals surface area contributed by atoms with Crippen LogP contribution in [0, 0.1) is 23.0 Å². The molecule has 0 bridgehead atoms. The van der Waals surface area contributed by atoms with Gasteiger partial charge in [-0.1, -0.05) is 12.1 Å². The van der Waals surface area contributed by atoms with Crippen molar-refractivity contribution in [1.82, 2.24) is 10.6 Å². The third-order valence-electron chi connectivity index (χ3n) is 3.39. The first kappa shape index (κ1) is 22.6. The highest BCUT2D eigenvalue weighted by atomic mass is 127. The minimum atomic E-state index is -0.730. The van der Waals surface area contributed by atoms with Crippen LogP contribution in [0.4, 0.5) is 8.78 Å². The summed E-state index contributed by atoms with van der Waals surface area (Å²) in [6.45, 7) is 3.68. The Morgan fingerprint density at radius 1 is 1.15 bits per heavy atom. The maximum atomic E-state index is 13.5. The van der Waals surface area contributed by atoms with E-state index in [2.05, 4.69) is 21.7 Å². The average Bonchev–Trinajstić information content (AvgIpc) is 2.65. The van der Waals surface area contributed by atoms with E-state index in [9.17, 15) is 8.78 Å². The van der Waals surface area contributed by atoms with E-state index in [0.717, 1.165) is 17.7 Å². The van der Waals surface area contributed by atoms with Crippen molar-refractivity contribution < 1.29 is 13.5 Å². The standard InChI is InChI=1S/C19H20F2N4O.HI/c1-2-23-19(25-13-15-5-3-14(12-22)4-6-15)24-9-10-26-18-8-7-16(20)11-17(18)21;/h3-8,11H,2,9-10,13H2,1H3,(H2,23,24,25);1H. The van der Waals surface area contributed by atoms with Crippen molar-refractivity contribution in [3.8, 4) is 11.8 Å². The zero-order valence-corrected chi connectivity index (χ0v) is 17.2. The maximum absolute atomic E-state index is 13.5. The molecule has 0 heterocycles. The Hall–Kier alpha value is -2.41. The van der Waals surface area contributed by atoms with E-state index in [4.69, 9.17) is 10.00 Å². The molecule has 27 heavy (non-hydrogen) atoms. The van der Waals surface area contributed by atoms with E-state index in [0.29, 0.717) is 31.2 Å². The van der Waals surface area contributed by atoms with Crippen LogP contribution in [0.1, 0.15) is 18.1 Å². The molecule has 0 spiro atoms. The van der Waals surface area contributed by atoms with Gasteiger partial charge in [0, 0.05) is 12.6 Å². The minimum Gasteiger partial charge on any atom is -0.489 e. The molecular weight excluding hydrogens is 465 g/mol. The Kier molecular flexibility index (Phi) is 10.1. The van der Waals surface area contributed by atoms with Crippen molar-refractivity contribution in [2.75, 3.05) is 19.7 Å². The smallest absolute Gasteiger partial charge is 0.191 e. The monoisotopic (exact) mass is 486 g/mol. The van der Waals surface area contributed by atoms with Gasteiger partial charge < -0.3 is 15.4 Å². The van der Waals surface area contributed by atoms with Crippen LogP contribution in [0.2, 0.25) is 0 Å². The molecule has 2 rings (SSSR count). The van der Waals surface area contributed by atoms with E-state index in [1.54, 1.807) is 12.1 Å². The highest BCUT2D eigenvalue weighted by Gasteiger charge is 2.05. The summed E-state index contributed by atoms with van der Waals surface area (Å²) in [4.78, 5) is 4.45. The summed E-state index contributed by atoms with van der Waals surface area (Å²) in [7, 11) is 0. The van der Waals surface area contributed by atoms with E-state index in [1.807, 2.05) is 19.1 Å². The molecule has 144 valence electrons. The number of guanidine groups is 1. The minimum absolute atomic E-state index is 0. The quantitative estimate of drug-likeness (QED) is 0.272. The summed E-state index contributed by atoms with van der Waals surface area (Å²) < 4.78 is 31.6. The number of nitrogens with zero attached hydrogens (tertiary/aromatic N) is 2. The van der Waals surface area contributed by atoms with Gasteiger partial charge in [0.1, 0.15) is 12.4 Å². The van der Waals surface area contributed by atoms with Crippen molar-refractivity contribution in [1.29, 1.82) is 5.26 Å². The van der Waals surface area contributed by atoms with Crippen LogP contribution < -0.4 is 15.4 Å². The van der Waals surface area contributed by atoms with Gasteiger partial charge in [-0.05, 0) is 36.8 Å². The normalized spacial score (nSPS) is 10.5. The summed E-state index contributed by atoms with van der Waals surface area (Å²) in [5.74, 6) is -0.767. The van der Waals surface area contributed by atoms with Gasteiger partial charge in [-0.2, -0.15) is 5.26 Å². The topological polar surface area (TPSA) is 69.4 Å². The third kappa shape index (κ3) is 7.78. The van der Waals surface area contributed by atoms with Gasteiger partial charge in [0.15, 0.2) is 17.5 Å². The fourth-order valence-corrected chi connectivity index (χ4v) is 2.12. The summed E-state index contributed by atoms with van der Waals surface area (Å²) in [5.41, 5.74) is 1.58. The number of ether oxygens (including phenoxy) is 1. The molecule has 0 aliphatic carbocycles. The predicted molar refractivity (Wildman–Crippen MR) is 111 cm³/mol. The van der Waals surface area contributed by atoms with Crippen LogP contribution in [-0.4, -0.2) is 25.7 Å². The Morgan fingerprint density at radius 2 is 1.89 bits per heavy atom. The van der Waals surface area contributed by atoms with E-state index >= 15 is 0 Å². The molecule has 2 N–H and O–H groups in total. The lowest BCUT2D eigenvalue weighted by Gasteiger charge is -2.12. The highest BCUT2D eigenvalue weighted by molar-refractivity contribution is 14.0. The van der Waals surface area contributed by atoms with E-state index in [-0.39, 0.29) is 36.3 Å². The molecule has 0 saturated carbocycles. The fourth-order valence-electron chi connectivity index (χ4n) is 2.12. The Morgan fingerprint density at radius 3 is 2.52 bits per heavy atom. The molecule has 0 fully saturated rings. The molecule has 8 heteroatoms. The van der Waals surface area contributed by atoms with Gasteiger partial charge in [-0.25, -0.2) is 13.8 Å². The molecule has 0 amide bonds. The number of benzene rings is 2. The number of rotatable bonds is 7. The lowest BCUT2D eigenvalue weighted by Crippen LogP contribution is -2.39. The number of nitriles is 1. The SMILES string of the molecule is CCNC(=NCc1ccc(C#N)cc1)NCCOc1ccc(F)cc1F.I. The lowest BCUT2D eigenvalue weighted by molar-refractivity contribution is 0.304. The van der Waals surface area contributed by atoms with Crippen molar-refractivity contribution in [3.05, 3.63) is 65.2 Å². The molecule has 0 aliphatic heterocycles. The van der Waals surface area contributed by atoms with Gasteiger partial charge in [0.2, 0.25) is 0 Å². The number of aliphatic imine (C=N–C) groups is 1. The first-order chi connectivity index (χ1) is 12.6. The van der Waals surface area contributed by atoms with Crippen molar-refractivity contribution in [2.24, 2.45) is 4.99 Å². The first-order valence-corrected chi connectivity index (χ1v) is 8.21. The lowest BCUT2D eigenvalue weighted by atomic mass is 10.1. The van der Waals surface area contributed by atoms with Gasteiger partial charge in [0.25, 0.3) is 0 Å². The largest absolute Gasteiger partial charge is 0.489 e. The second kappa shape index (κ2) is 12.1. The molecular formula is C19H21F2IN4O. The van der Waals surface area contributed by atoms with Crippen LogP contribution in [0.15, 0.2) is 47.5 Å². The van der Waals surface area contributed by atoms with Crippen LogP contribution in [0.5, 0.6) is 5.75 Å². The second-order valence-electron chi connectivity index (χ2n) is 5.35. The first-order valence-electron chi connectivity index (χ1n) is 8.21.